The van der Waals surface area contributed by atoms with Crippen molar-refractivity contribution in [2.45, 2.75) is 26.9 Å². The van der Waals surface area contributed by atoms with E-state index in [2.05, 4.69) is 20.4 Å². The summed E-state index contributed by atoms with van der Waals surface area (Å²) in [5.74, 6) is -0.158. The van der Waals surface area contributed by atoms with E-state index in [1.54, 1.807) is 21.6 Å². The fourth-order valence-corrected chi connectivity index (χ4v) is 2.33. The molecule has 8 heteroatoms. The van der Waals surface area contributed by atoms with Crippen LogP contribution in [-0.2, 0) is 6.67 Å². The Kier molecular flexibility index (Phi) is 5.79. The molecular weight excluding hydrogens is 316 g/mol. The van der Waals surface area contributed by atoms with Crippen molar-refractivity contribution >= 4 is 17.5 Å². The molecule has 2 aromatic rings. The number of carbonyl (C=O) groups is 1. The minimum Gasteiger partial charge on any atom is -0.351 e. The molecule has 0 aliphatic carbocycles. The summed E-state index contributed by atoms with van der Waals surface area (Å²) in [7, 11) is 4.02. The number of rotatable bonds is 7. The zero-order chi connectivity index (χ0) is 17.0. The number of aryl methyl sites for hydroxylation is 1. The van der Waals surface area contributed by atoms with E-state index in [4.69, 9.17) is 11.6 Å². The standard InChI is InChI=1S/C15H23ClN6O/c1-11-14(16)12(2)22(18-11)10-21-9-6-13(19-21)15(23)17-7-5-8-20(3)4/h6,9H,5,7-8,10H2,1-4H3,(H,17,23). The molecular formula is C15H23ClN6O. The molecule has 0 fully saturated rings. The summed E-state index contributed by atoms with van der Waals surface area (Å²) >= 11 is 6.13. The van der Waals surface area contributed by atoms with Crippen molar-refractivity contribution in [1.29, 1.82) is 0 Å². The first-order valence-electron chi connectivity index (χ1n) is 7.54. The molecule has 0 atom stereocenters. The number of amides is 1. The van der Waals surface area contributed by atoms with Gasteiger partial charge in [-0.1, -0.05) is 11.6 Å². The largest absolute Gasteiger partial charge is 0.351 e. The van der Waals surface area contributed by atoms with Crippen LogP contribution in [0.2, 0.25) is 5.02 Å². The Bertz CT molecular complexity index is 676. The predicted octanol–water partition coefficient (Wildman–Crippen LogP) is 1.54. The monoisotopic (exact) mass is 338 g/mol. The third kappa shape index (κ3) is 4.56. The van der Waals surface area contributed by atoms with E-state index in [-0.39, 0.29) is 5.91 Å². The second-order valence-electron chi connectivity index (χ2n) is 5.78. The van der Waals surface area contributed by atoms with E-state index in [0.717, 1.165) is 24.4 Å². The van der Waals surface area contributed by atoms with Gasteiger partial charge in [0.15, 0.2) is 0 Å². The number of nitrogens with one attached hydrogen (secondary N) is 1. The van der Waals surface area contributed by atoms with Crippen molar-refractivity contribution < 1.29 is 4.79 Å². The van der Waals surface area contributed by atoms with Crippen LogP contribution >= 0.6 is 11.6 Å². The number of hydrogen-bond donors (Lipinski definition) is 1. The predicted molar refractivity (Wildman–Crippen MR) is 89.8 cm³/mol. The molecule has 7 nitrogen and oxygen atoms in total. The second kappa shape index (κ2) is 7.61. The molecule has 2 rings (SSSR count). The van der Waals surface area contributed by atoms with Gasteiger partial charge in [-0.25, -0.2) is 4.68 Å². The Balaban J connectivity index is 1.92. The first-order chi connectivity index (χ1) is 10.9. The van der Waals surface area contributed by atoms with Crippen LogP contribution in [0.3, 0.4) is 0 Å². The molecule has 0 bridgehead atoms. The summed E-state index contributed by atoms with van der Waals surface area (Å²) in [5.41, 5.74) is 2.08. The van der Waals surface area contributed by atoms with Gasteiger partial charge in [0.1, 0.15) is 12.4 Å². The summed E-state index contributed by atoms with van der Waals surface area (Å²) in [5, 5.41) is 12.2. The lowest BCUT2D eigenvalue weighted by Crippen LogP contribution is -2.27. The van der Waals surface area contributed by atoms with Crippen molar-refractivity contribution in [3.8, 4) is 0 Å². The van der Waals surface area contributed by atoms with Crippen molar-refractivity contribution in [1.82, 2.24) is 29.8 Å². The molecule has 0 aromatic carbocycles. The Morgan fingerprint density at radius 2 is 2.09 bits per heavy atom. The number of hydrogen-bond acceptors (Lipinski definition) is 4. The third-order valence-corrected chi connectivity index (χ3v) is 4.06. The zero-order valence-electron chi connectivity index (χ0n) is 14.0. The molecule has 23 heavy (non-hydrogen) atoms. The van der Waals surface area contributed by atoms with Crippen molar-refractivity contribution in [3.05, 3.63) is 34.4 Å². The average Bonchev–Trinajstić information content (AvgIpc) is 3.05. The summed E-state index contributed by atoms with van der Waals surface area (Å²) in [6.45, 7) is 5.77. The van der Waals surface area contributed by atoms with Crippen LogP contribution in [0, 0.1) is 13.8 Å². The maximum atomic E-state index is 12.0. The molecule has 0 unspecified atom stereocenters. The highest BCUT2D eigenvalue weighted by molar-refractivity contribution is 6.31. The van der Waals surface area contributed by atoms with Gasteiger partial charge < -0.3 is 10.2 Å². The van der Waals surface area contributed by atoms with Gasteiger partial charge in [-0.3, -0.25) is 9.48 Å². The van der Waals surface area contributed by atoms with Gasteiger partial charge in [0.25, 0.3) is 5.91 Å². The number of carbonyl (C=O) groups excluding carboxylic acids is 1. The van der Waals surface area contributed by atoms with E-state index in [9.17, 15) is 4.79 Å². The lowest BCUT2D eigenvalue weighted by atomic mass is 10.3. The topological polar surface area (TPSA) is 68.0 Å². The Morgan fingerprint density at radius 3 is 2.70 bits per heavy atom. The maximum Gasteiger partial charge on any atom is 0.271 e. The van der Waals surface area contributed by atoms with Crippen LogP contribution < -0.4 is 5.32 Å². The molecule has 0 saturated carbocycles. The molecule has 0 saturated heterocycles. The highest BCUT2D eigenvalue weighted by Gasteiger charge is 2.12. The van der Waals surface area contributed by atoms with E-state index in [0.29, 0.717) is 23.9 Å². The van der Waals surface area contributed by atoms with Gasteiger partial charge in [-0.2, -0.15) is 10.2 Å². The molecule has 2 aromatic heterocycles. The van der Waals surface area contributed by atoms with Gasteiger partial charge in [0, 0.05) is 12.7 Å². The maximum absolute atomic E-state index is 12.0. The molecule has 1 N–H and O–H groups in total. The van der Waals surface area contributed by atoms with Gasteiger partial charge in [0.05, 0.1) is 16.4 Å². The Morgan fingerprint density at radius 1 is 1.35 bits per heavy atom. The minimum atomic E-state index is -0.158. The molecule has 0 radical (unpaired) electrons. The minimum absolute atomic E-state index is 0.158. The van der Waals surface area contributed by atoms with E-state index in [1.807, 2.05) is 27.9 Å². The first-order valence-corrected chi connectivity index (χ1v) is 7.92. The SMILES string of the molecule is Cc1nn(Cn2ccc(C(=O)NCCCN(C)C)n2)c(C)c1Cl. The summed E-state index contributed by atoms with van der Waals surface area (Å²) in [4.78, 5) is 14.1. The summed E-state index contributed by atoms with van der Waals surface area (Å²) < 4.78 is 3.44. The summed E-state index contributed by atoms with van der Waals surface area (Å²) in [6.07, 6.45) is 2.67. The number of halogens is 1. The van der Waals surface area contributed by atoms with Crippen LogP contribution in [0.25, 0.3) is 0 Å². The van der Waals surface area contributed by atoms with Gasteiger partial charge >= 0.3 is 0 Å². The normalized spacial score (nSPS) is 11.2. The Labute approximate surface area is 141 Å². The molecule has 1 amide bonds. The summed E-state index contributed by atoms with van der Waals surface area (Å²) in [6, 6.07) is 1.70. The Hall–Kier alpha value is -1.86. The molecule has 0 aliphatic rings. The highest BCUT2D eigenvalue weighted by atomic mass is 35.5. The molecule has 2 heterocycles. The van der Waals surface area contributed by atoms with Gasteiger partial charge in [-0.15, -0.1) is 0 Å². The first kappa shape index (κ1) is 17.5. The quantitative estimate of drug-likeness (QED) is 0.777. The fourth-order valence-electron chi connectivity index (χ4n) is 2.20. The smallest absolute Gasteiger partial charge is 0.271 e. The lowest BCUT2D eigenvalue weighted by Gasteiger charge is -2.09. The number of aromatic nitrogens is 4. The molecule has 0 aliphatic heterocycles. The number of nitrogens with zero attached hydrogens (tertiary/aromatic N) is 5. The van der Waals surface area contributed by atoms with Crippen LogP contribution in [0.4, 0.5) is 0 Å². The van der Waals surface area contributed by atoms with Crippen LogP contribution in [0.15, 0.2) is 12.3 Å². The van der Waals surface area contributed by atoms with E-state index >= 15 is 0 Å². The van der Waals surface area contributed by atoms with E-state index < -0.39 is 0 Å². The second-order valence-corrected chi connectivity index (χ2v) is 6.16. The van der Waals surface area contributed by atoms with Gasteiger partial charge in [0.2, 0.25) is 0 Å². The highest BCUT2D eigenvalue weighted by Crippen LogP contribution is 2.18. The van der Waals surface area contributed by atoms with Crippen molar-refractivity contribution in [2.24, 2.45) is 0 Å². The van der Waals surface area contributed by atoms with Gasteiger partial charge in [-0.05, 0) is 47.0 Å². The van der Waals surface area contributed by atoms with E-state index in [1.165, 1.54) is 0 Å². The molecule has 0 spiro atoms. The zero-order valence-corrected chi connectivity index (χ0v) is 14.8. The van der Waals surface area contributed by atoms with Crippen LogP contribution in [0.1, 0.15) is 28.3 Å². The third-order valence-electron chi connectivity index (χ3n) is 3.51. The van der Waals surface area contributed by atoms with Crippen LogP contribution in [0.5, 0.6) is 0 Å². The average molecular weight is 339 g/mol. The lowest BCUT2D eigenvalue weighted by molar-refractivity contribution is 0.0946. The molecule has 126 valence electrons. The van der Waals surface area contributed by atoms with Crippen molar-refractivity contribution in [3.63, 3.8) is 0 Å². The van der Waals surface area contributed by atoms with Crippen molar-refractivity contribution in [2.75, 3.05) is 27.2 Å². The van der Waals surface area contributed by atoms with Crippen LogP contribution in [-0.4, -0.2) is 57.6 Å². The fraction of sp³-hybridized carbons (Fsp3) is 0.533.